The van der Waals surface area contributed by atoms with Gasteiger partial charge in [-0.1, -0.05) is 0 Å². The average molecular weight is 234 g/mol. The molecule has 2 heterocycles. The molecule has 0 radical (unpaired) electrons. The molecule has 4 nitrogen and oxygen atoms in total. The minimum absolute atomic E-state index is 0.0395. The maximum Gasteiger partial charge on any atom is 0.203 e. The van der Waals surface area contributed by atoms with Gasteiger partial charge >= 0.3 is 0 Å². The van der Waals surface area contributed by atoms with E-state index in [1.54, 1.807) is 12.1 Å². The van der Waals surface area contributed by atoms with Crippen molar-refractivity contribution in [1.82, 2.24) is 0 Å². The van der Waals surface area contributed by atoms with Crippen LogP contribution in [-0.4, -0.2) is 31.7 Å². The molecule has 0 aromatic heterocycles. The van der Waals surface area contributed by atoms with E-state index < -0.39 is 0 Å². The molecule has 1 fully saturated rings. The maximum absolute atomic E-state index is 11.4. The molecule has 0 spiro atoms. The summed E-state index contributed by atoms with van der Waals surface area (Å²) in [4.78, 5) is 11.4. The molecule has 1 saturated heterocycles. The minimum atomic E-state index is 0.0395. The minimum Gasteiger partial charge on any atom is -0.490 e. The van der Waals surface area contributed by atoms with Crippen molar-refractivity contribution < 1.29 is 19.0 Å². The SMILES string of the molecule is O=C1COc2cc(OC3CCOCC3)ccc21. The highest BCUT2D eigenvalue weighted by Gasteiger charge is 2.22. The first kappa shape index (κ1) is 10.6. The third-order valence-electron chi connectivity index (χ3n) is 3.08. The number of carbonyl (C=O) groups is 1. The number of carbonyl (C=O) groups excluding carboxylic acids is 1. The zero-order valence-corrected chi connectivity index (χ0v) is 9.48. The fraction of sp³-hybridized carbons (Fsp3) is 0.462. The fourth-order valence-corrected chi connectivity index (χ4v) is 2.13. The Labute approximate surface area is 99.5 Å². The van der Waals surface area contributed by atoms with E-state index in [1.807, 2.05) is 6.07 Å². The van der Waals surface area contributed by atoms with E-state index in [-0.39, 0.29) is 18.5 Å². The highest BCUT2D eigenvalue weighted by Crippen LogP contribution is 2.30. The van der Waals surface area contributed by atoms with Gasteiger partial charge in [0.1, 0.15) is 17.6 Å². The second-order valence-electron chi connectivity index (χ2n) is 4.30. The Balaban J connectivity index is 1.73. The summed E-state index contributed by atoms with van der Waals surface area (Å²) in [6, 6.07) is 5.41. The predicted octanol–water partition coefficient (Wildman–Crippen LogP) is 1.82. The maximum atomic E-state index is 11.4. The molecular formula is C13H14O4. The van der Waals surface area contributed by atoms with Gasteiger partial charge in [-0.2, -0.15) is 0 Å². The van der Waals surface area contributed by atoms with Crippen LogP contribution >= 0.6 is 0 Å². The molecule has 1 aromatic carbocycles. The standard InChI is InChI=1S/C13H14O4/c14-12-8-16-13-7-10(1-2-11(12)13)17-9-3-5-15-6-4-9/h1-2,7,9H,3-6,8H2. The number of ketones is 1. The van der Waals surface area contributed by atoms with Gasteiger partial charge in [0.25, 0.3) is 0 Å². The Kier molecular flexibility index (Phi) is 2.73. The van der Waals surface area contributed by atoms with Crippen LogP contribution in [0.25, 0.3) is 0 Å². The van der Waals surface area contributed by atoms with Crippen molar-refractivity contribution in [2.75, 3.05) is 19.8 Å². The third-order valence-corrected chi connectivity index (χ3v) is 3.08. The van der Waals surface area contributed by atoms with E-state index in [2.05, 4.69) is 0 Å². The molecule has 2 aliphatic heterocycles. The van der Waals surface area contributed by atoms with Crippen LogP contribution in [0.15, 0.2) is 18.2 Å². The monoisotopic (exact) mass is 234 g/mol. The van der Waals surface area contributed by atoms with Crippen molar-refractivity contribution in [2.45, 2.75) is 18.9 Å². The Hall–Kier alpha value is -1.55. The molecule has 0 amide bonds. The van der Waals surface area contributed by atoms with Crippen molar-refractivity contribution in [3.8, 4) is 11.5 Å². The van der Waals surface area contributed by atoms with Crippen LogP contribution in [0.4, 0.5) is 0 Å². The molecule has 0 bridgehead atoms. The first-order chi connectivity index (χ1) is 8.33. The number of Topliss-reactive ketones (excluding diaryl/α,β-unsaturated/α-hetero) is 1. The van der Waals surface area contributed by atoms with E-state index in [0.717, 1.165) is 31.8 Å². The van der Waals surface area contributed by atoms with Gasteiger partial charge in [-0.05, 0) is 12.1 Å². The molecule has 0 N–H and O–H groups in total. The molecule has 4 heteroatoms. The fourth-order valence-electron chi connectivity index (χ4n) is 2.13. The number of fused-ring (bicyclic) bond motifs is 1. The van der Waals surface area contributed by atoms with Crippen LogP contribution in [0, 0.1) is 0 Å². The predicted molar refractivity (Wildman–Crippen MR) is 60.7 cm³/mol. The molecule has 0 unspecified atom stereocenters. The van der Waals surface area contributed by atoms with Crippen LogP contribution in [-0.2, 0) is 4.74 Å². The van der Waals surface area contributed by atoms with Crippen LogP contribution in [0.3, 0.4) is 0 Å². The summed E-state index contributed by atoms with van der Waals surface area (Å²) in [6.07, 6.45) is 2.03. The number of benzene rings is 1. The summed E-state index contributed by atoms with van der Waals surface area (Å²) in [5, 5.41) is 0. The number of rotatable bonds is 2. The van der Waals surface area contributed by atoms with Crippen molar-refractivity contribution in [1.29, 1.82) is 0 Å². The van der Waals surface area contributed by atoms with Gasteiger partial charge in [-0.3, -0.25) is 4.79 Å². The van der Waals surface area contributed by atoms with E-state index in [1.165, 1.54) is 0 Å². The van der Waals surface area contributed by atoms with Gasteiger partial charge < -0.3 is 14.2 Å². The number of hydrogen-bond acceptors (Lipinski definition) is 4. The first-order valence-corrected chi connectivity index (χ1v) is 5.87. The van der Waals surface area contributed by atoms with Gasteiger partial charge in [-0.25, -0.2) is 0 Å². The second kappa shape index (κ2) is 4.37. The molecule has 0 aliphatic carbocycles. The van der Waals surface area contributed by atoms with Crippen LogP contribution in [0.5, 0.6) is 11.5 Å². The lowest BCUT2D eigenvalue weighted by molar-refractivity contribution is 0.0255. The Bertz CT molecular complexity index is 435. The number of ether oxygens (including phenoxy) is 3. The largest absolute Gasteiger partial charge is 0.490 e. The molecule has 1 aromatic rings. The lowest BCUT2D eigenvalue weighted by Crippen LogP contribution is -2.25. The van der Waals surface area contributed by atoms with Crippen molar-refractivity contribution in [2.24, 2.45) is 0 Å². The summed E-state index contributed by atoms with van der Waals surface area (Å²) in [5.74, 6) is 1.45. The summed E-state index contributed by atoms with van der Waals surface area (Å²) >= 11 is 0. The van der Waals surface area contributed by atoms with Crippen molar-refractivity contribution >= 4 is 5.78 Å². The highest BCUT2D eigenvalue weighted by atomic mass is 16.5. The van der Waals surface area contributed by atoms with Gasteiger partial charge in [-0.15, -0.1) is 0 Å². The smallest absolute Gasteiger partial charge is 0.203 e. The van der Waals surface area contributed by atoms with Gasteiger partial charge in [0, 0.05) is 18.9 Å². The normalized spacial score (nSPS) is 19.9. The lowest BCUT2D eigenvalue weighted by atomic mass is 10.1. The van der Waals surface area contributed by atoms with E-state index >= 15 is 0 Å². The number of hydrogen-bond donors (Lipinski definition) is 0. The van der Waals surface area contributed by atoms with Crippen LogP contribution in [0.1, 0.15) is 23.2 Å². The topological polar surface area (TPSA) is 44.8 Å². The zero-order chi connectivity index (χ0) is 11.7. The van der Waals surface area contributed by atoms with Crippen molar-refractivity contribution in [3.63, 3.8) is 0 Å². The molecule has 3 rings (SSSR count). The lowest BCUT2D eigenvalue weighted by Gasteiger charge is -2.23. The second-order valence-corrected chi connectivity index (χ2v) is 4.30. The zero-order valence-electron chi connectivity index (χ0n) is 9.48. The molecule has 17 heavy (non-hydrogen) atoms. The van der Waals surface area contributed by atoms with Gasteiger partial charge in [0.15, 0.2) is 6.61 Å². The Morgan fingerprint density at radius 3 is 2.88 bits per heavy atom. The van der Waals surface area contributed by atoms with E-state index in [9.17, 15) is 4.79 Å². The van der Waals surface area contributed by atoms with Crippen molar-refractivity contribution in [3.05, 3.63) is 23.8 Å². The molecular weight excluding hydrogens is 220 g/mol. The van der Waals surface area contributed by atoms with Gasteiger partial charge in [0.05, 0.1) is 18.8 Å². The van der Waals surface area contributed by atoms with Crippen LogP contribution in [0.2, 0.25) is 0 Å². The summed E-state index contributed by atoms with van der Waals surface area (Å²) in [5.41, 5.74) is 0.657. The average Bonchev–Trinajstić information content (AvgIpc) is 2.72. The van der Waals surface area contributed by atoms with E-state index in [0.29, 0.717) is 11.3 Å². The Morgan fingerprint density at radius 1 is 1.24 bits per heavy atom. The first-order valence-electron chi connectivity index (χ1n) is 5.87. The molecule has 0 atom stereocenters. The molecule has 90 valence electrons. The Morgan fingerprint density at radius 2 is 2.06 bits per heavy atom. The van der Waals surface area contributed by atoms with Gasteiger partial charge in [0.2, 0.25) is 5.78 Å². The highest BCUT2D eigenvalue weighted by molar-refractivity contribution is 6.02. The third kappa shape index (κ3) is 2.13. The van der Waals surface area contributed by atoms with Crippen LogP contribution < -0.4 is 9.47 Å². The summed E-state index contributed by atoms with van der Waals surface area (Å²) in [7, 11) is 0. The quantitative estimate of drug-likeness (QED) is 0.783. The summed E-state index contributed by atoms with van der Waals surface area (Å²) in [6.45, 7) is 1.66. The molecule has 0 saturated carbocycles. The summed E-state index contributed by atoms with van der Waals surface area (Å²) < 4.78 is 16.4. The van der Waals surface area contributed by atoms with E-state index in [4.69, 9.17) is 14.2 Å². The molecule has 2 aliphatic rings.